The zero-order valence-electron chi connectivity index (χ0n) is 15.2. The van der Waals surface area contributed by atoms with Gasteiger partial charge in [0, 0.05) is 12.1 Å². The molecule has 0 fully saturated rings. The maximum Gasteiger partial charge on any atom is 0.339 e. The lowest BCUT2D eigenvalue weighted by Crippen LogP contribution is -2.08. The van der Waals surface area contributed by atoms with Gasteiger partial charge in [0.1, 0.15) is 5.69 Å². The Kier molecular flexibility index (Phi) is 4.23. The standard InChI is InChI=1S/C19H18N4O4/c1-11(2)23-18-15(9-20-23)14(8-16(21-18)17-5-4-6-25-17)19(24)26-10-13-7-12(3)22-27-13/h4-9,11H,10H2,1-3H3. The van der Waals surface area contributed by atoms with E-state index >= 15 is 0 Å². The Bertz CT molecular complexity index is 1090. The molecule has 0 aromatic carbocycles. The number of carbonyl (C=O) groups is 1. The summed E-state index contributed by atoms with van der Waals surface area (Å²) >= 11 is 0. The van der Waals surface area contributed by atoms with Crippen molar-refractivity contribution >= 4 is 17.0 Å². The van der Waals surface area contributed by atoms with Crippen molar-refractivity contribution in [3.63, 3.8) is 0 Å². The highest BCUT2D eigenvalue weighted by molar-refractivity contribution is 6.03. The van der Waals surface area contributed by atoms with Crippen LogP contribution in [0.15, 0.2) is 45.7 Å². The number of carbonyl (C=O) groups excluding carboxylic acids is 1. The van der Waals surface area contributed by atoms with Gasteiger partial charge in [0.25, 0.3) is 0 Å². The predicted octanol–water partition coefficient (Wildman–Crippen LogP) is 3.93. The van der Waals surface area contributed by atoms with E-state index < -0.39 is 5.97 Å². The lowest BCUT2D eigenvalue weighted by atomic mass is 10.1. The van der Waals surface area contributed by atoms with Gasteiger partial charge in [-0.2, -0.15) is 5.10 Å². The molecular formula is C19H18N4O4. The molecule has 4 rings (SSSR count). The topological polar surface area (TPSA) is 96.2 Å². The second-order valence-corrected chi connectivity index (χ2v) is 6.46. The SMILES string of the molecule is Cc1cc(COC(=O)c2cc(-c3ccco3)nc3c2cnn3C(C)C)on1. The highest BCUT2D eigenvalue weighted by Gasteiger charge is 2.20. The molecule has 0 amide bonds. The van der Waals surface area contributed by atoms with E-state index in [1.54, 1.807) is 48.3 Å². The number of esters is 1. The molecular weight excluding hydrogens is 348 g/mol. The van der Waals surface area contributed by atoms with Crippen LogP contribution in [-0.4, -0.2) is 25.9 Å². The molecule has 138 valence electrons. The van der Waals surface area contributed by atoms with Crippen molar-refractivity contribution in [2.24, 2.45) is 0 Å². The van der Waals surface area contributed by atoms with Crippen LogP contribution in [0.4, 0.5) is 0 Å². The van der Waals surface area contributed by atoms with Gasteiger partial charge in [0.2, 0.25) is 0 Å². The second-order valence-electron chi connectivity index (χ2n) is 6.46. The molecule has 0 saturated carbocycles. The molecule has 8 heteroatoms. The van der Waals surface area contributed by atoms with Crippen LogP contribution in [0.1, 0.15) is 41.7 Å². The van der Waals surface area contributed by atoms with Crippen LogP contribution in [0.3, 0.4) is 0 Å². The fourth-order valence-electron chi connectivity index (χ4n) is 2.81. The number of hydrogen-bond acceptors (Lipinski definition) is 7. The van der Waals surface area contributed by atoms with E-state index in [-0.39, 0.29) is 12.6 Å². The summed E-state index contributed by atoms with van der Waals surface area (Å²) in [6.07, 6.45) is 3.19. The molecule has 0 saturated heterocycles. The van der Waals surface area contributed by atoms with Crippen LogP contribution in [0.5, 0.6) is 0 Å². The number of aromatic nitrogens is 4. The minimum atomic E-state index is -0.493. The smallest absolute Gasteiger partial charge is 0.339 e. The monoisotopic (exact) mass is 366 g/mol. The Balaban J connectivity index is 1.74. The average molecular weight is 366 g/mol. The maximum absolute atomic E-state index is 12.8. The number of aryl methyl sites for hydroxylation is 1. The van der Waals surface area contributed by atoms with Crippen molar-refractivity contribution in [2.75, 3.05) is 0 Å². The Labute approximate surface area is 154 Å². The van der Waals surface area contributed by atoms with Gasteiger partial charge in [-0.1, -0.05) is 5.16 Å². The van der Waals surface area contributed by atoms with E-state index in [4.69, 9.17) is 13.7 Å². The van der Waals surface area contributed by atoms with Crippen molar-refractivity contribution in [1.29, 1.82) is 0 Å². The van der Waals surface area contributed by atoms with Gasteiger partial charge >= 0.3 is 5.97 Å². The van der Waals surface area contributed by atoms with Crippen LogP contribution in [0.25, 0.3) is 22.5 Å². The number of fused-ring (bicyclic) bond motifs is 1. The largest absolute Gasteiger partial charge is 0.463 e. The summed E-state index contributed by atoms with van der Waals surface area (Å²) in [5.41, 5.74) is 2.24. The first kappa shape index (κ1) is 17.0. The van der Waals surface area contributed by atoms with Crippen LogP contribution in [-0.2, 0) is 11.3 Å². The molecule has 27 heavy (non-hydrogen) atoms. The molecule has 8 nitrogen and oxygen atoms in total. The van der Waals surface area contributed by atoms with Gasteiger partial charge in [-0.15, -0.1) is 0 Å². The normalized spacial score (nSPS) is 11.4. The fourth-order valence-corrected chi connectivity index (χ4v) is 2.81. The Morgan fingerprint density at radius 2 is 2.19 bits per heavy atom. The van der Waals surface area contributed by atoms with Crippen molar-refractivity contribution in [1.82, 2.24) is 19.9 Å². The number of hydrogen-bond donors (Lipinski definition) is 0. The number of furan rings is 1. The summed E-state index contributed by atoms with van der Waals surface area (Å²) in [6, 6.07) is 7.02. The summed E-state index contributed by atoms with van der Waals surface area (Å²) in [5, 5.41) is 8.78. The van der Waals surface area contributed by atoms with Crippen molar-refractivity contribution in [2.45, 2.75) is 33.4 Å². The quantitative estimate of drug-likeness (QED) is 0.494. The molecule has 0 atom stereocenters. The van der Waals surface area contributed by atoms with Crippen LogP contribution in [0, 0.1) is 6.92 Å². The van der Waals surface area contributed by atoms with Gasteiger partial charge in [0.15, 0.2) is 23.8 Å². The van der Waals surface area contributed by atoms with E-state index in [0.717, 1.165) is 5.69 Å². The average Bonchev–Trinajstić information content (AvgIpc) is 3.38. The highest BCUT2D eigenvalue weighted by atomic mass is 16.5. The minimum Gasteiger partial charge on any atom is -0.463 e. The minimum absolute atomic E-state index is 0.00209. The van der Waals surface area contributed by atoms with Crippen molar-refractivity contribution in [3.05, 3.63) is 53.7 Å². The molecule has 0 aliphatic heterocycles. The zero-order chi connectivity index (χ0) is 19.0. The van der Waals surface area contributed by atoms with Crippen molar-refractivity contribution in [3.8, 4) is 11.5 Å². The fraction of sp³-hybridized carbons (Fsp3) is 0.263. The molecule has 4 aromatic rings. The van der Waals surface area contributed by atoms with E-state index in [9.17, 15) is 4.79 Å². The number of pyridine rings is 1. The van der Waals surface area contributed by atoms with E-state index in [2.05, 4.69) is 15.2 Å². The number of rotatable bonds is 5. The first-order valence-corrected chi connectivity index (χ1v) is 8.54. The third-order valence-corrected chi connectivity index (χ3v) is 4.07. The molecule has 0 bridgehead atoms. The Morgan fingerprint density at radius 3 is 2.85 bits per heavy atom. The highest BCUT2D eigenvalue weighted by Crippen LogP contribution is 2.27. The molecule has 0 aliphatic rings. The third-order valence-electron chi connectivity index (χ3n) is 4.07. The lowest BCUT2D eigenvalue weighted by Gasteiger charge is -2.09. The van der Waals surface area contributed by atoms with Gasteiger partial charge in [-0.3, -0.25) is 0 Å². The van der Waals surface area contributed by atoms with Crippen LogP contribution >= 0.6 is 0 Å². The van der Waals surface area contributed by atoms with Gasteiger partial charge in [0.05, 0.1) is 29.1 Å². The number of ether oxygens (including phenoxy) is 1. The number of nitrogens with zero attached hydrogens (tertiary/aromatic N) is 4. The second kappa shape index (κ2) is 6.71. The molecule has 0 radical (unpaired) electrons. The summed E-state index contributed by atoms with van der Waals surface area (Å²) in [6.45, 7) is 5.80. The van der Waals surface area contributed by atoms with Gasteiger partial charge < -0.3 is 13.7 Å². The molecule has 0 aliphatic carbocycles. The first-order chi connectivity index (χ1) is 13.0. The van der Waals surface area contributed by atoms with Gasteiger partial charge in [-0.05, 0) is 39.0 Å². The zero-order valence-corrected chi connectivity index (χ0v) is 15.2. The Hall–Kier alpha value is -3.42. The Morgan fingerprint density at radius 1 is 1.33 bits per heavy atom. The molecule has 0 unspecified atom stereocenters. The summed E-state index contributed by atoms with van der Waals surface area (Å²) in [4.78, 5) is 17.4. The maximum atomic E-state index is 12.8. The summed E-state index contributed by atoms with van der Waals surface area (Å²) in [5.74, 6) is 0.552. The summed E-state index contributed by atoms with van der Waals surface area (Å²) < 4.78 is 17.7. The van der Waals surface area contributed by atoms with Crippen LogP contribution in [0.2, 0.25) is 0 Å². The van der Waals surface area contributed by atoms with Crippen molar-refractivity contribution < 1.29 is 18.5 Å². The van der Waals surface area contributed by atoms with E-state index in [1.165, 1.54) is 0 Å². The van der Waals surface area contributed by atoms with Crippen LogP contribution < -0.4 is 0 Å². The van der Waals surface area contributed by atoms with E-state index in [1.807, 2.05) is 13.8 Å². The third kappa shape index (κ3) is 3.21. The predicted molar refractivity (Wildman–Crippen MR) is 96.0 cm³/mol. The van der Waals surface area contributed by atoms with Gasteiger partial charge in [-0.25, -0.2) is 14.5 Å². The molecule has 0 spiro atoms. The van der Waals surface area contributed by atoms with E-state index in [0.29, 0.717) is 33.8 Å². The molecule has 0 N–H and O–H groups in total. The molecule has 4 aromatic heterocycles. The molecule has 4 heterocycles. The lowest BCUT2D eigenvalue weighted by molar-refractivity contribution is 0.0439. The summed E-state index contributed by atoms with van der Waals surface area (Å²) in [7, 11) is 0. The first-order valence-electron chi connectivity index (χ1n) is 8.54.